The summed E-state index contributed by atoms with van der Waals surface area (Å²) in [6, 6.07) is 0. The van der Waals surface area contributed by atoms with E-state index < -0.39 is 8.32 Å². The molecule has 4 saturated carbocycles. The van der Waals surface area contributed by atoms with E-state index in [1.54, 1.807) is 0 Å². The molecule has 0 aliphatic heterocycles. The molecule has 4 aliphatic rings. The Bertz CT molecular complexity index is 525. The van der Waals surface area contributed by atoms with Crippen LogP contribution < -0.4 is 0 Å². The van der Waals surface area contributed by atoms with Crippen molar-refractivity contribution in [3.05, 3.63) is 0 Å². The summed E-state index contributed by atoms with van der Waals surface area (Å²) in [4.78, 5) is 0. The lowest BCUT2D eigenvalue weighted by Gasteiger charge is -2.61. The fourth-order valence-corrected chi connectivity index (χ4v) is 9.82. The standard InChI is InChI=1S/C24H44OSi/c1-7-17-9-11-21-20-10-8-18-16-19(25-26(4,5)6)12-14-24(18,3)22(20)13-15-23(17,21)2/h17-22H,7-16H2,1-6H3/t17-,18-,19-,20?,21?,22?,23+,24-/m0/s1. The zero-order chi connectivity index (χ0) is 18.7. The third kappa shape index (κ3) is 3.06. The monoisotopic (exact) mass is 376 g/mol. The molecule has 0 aromatic heterocycles. The first-order valence-electron chi connectivity index (χ1n) is 11.8. The van der Waals surface area contributed by atoms with E-state index in [0.717, 1.165) is 29.6 Å². The van der Waals surface area contributed by atoms with E-state index in [9.17, 15) is 0 Å². The molecule has 26 heavy (non-hydrogen) atoms. The van der Waals surface area contributed by atoms with Gasteiger partial charge in [-0.25, -0.2) is 0 Å². The minimum Gasteiger partial charge on any atom is -0.415 e. The van der Waals surface area contributed by atoms with Crippen molar-refractivity contribution in [2.75, 3.05) is 0 Å². The Morgan fingerprint density at radius 1 is 0.846 bits per heavy atom. The summed E-state index contributed by atoms with van der Waals surface area (Å²) in [7, 11) is -1.40. The van der Waals surface area contributed by atoms with Gasteiger partial charge < -0.3 is 4.43 Å². The van der Waals surface area contributed by atoms with Crippen LogP contribution in [-0.2, 0) is 4.43 Å². The van der Waals surface area contributed by atoms with Gasteiger partial charge in [0.15, 0.2) is 8.32 Å². The van der Waals surface area contributed by atoms with E-state index in [1.807, 2.05) is 0 Å². The van der Waals surface area contributed by atoms with Crippen LogP contribution in [0.15, 0.2) is 0 Å². The quantitative estimate of drug-likeness (QED) is 0.470. The van der Waals surface area contributed by atoms with Gasteiger partial charge in [-0.2, -0.15) is 0 Å². The number of rotatable bonds is 3. The lowest BCUT2D eigenvalue weighted by atomic mass is 9.44. The summed E-state index contributed by atoms with van der Waals surface area (Å²) < 4.78 is 6.56. The first kappa shape index (κ1) is 19.5. The molecule has 0 aromatic rings. The summed E-state index contributed by atoms with van der Waals surface area (Å²) in [6.07, 6.45) is 15.3. The molecule has 0 saturated heterocycles. The Morgan fingerprint density at radius 2 is 1.54 bits per heavy atom. The van der Waals surface area contributed by atoms with Crippen LogP contribution in [0.4, 0.5) is 0 Å². The van der Waals surface area contributed by atoms with Crippen molar-refractivity contribution in [2.45, 2.75) is 111 Å². The Labute approximate surface area is 164 Å². The Hall–Kier alpha value is 0.177. The van der Waals surface area contributed by atoms with Crippen molar-refractivity contribution in [3.63, 3.8) is 0 Å². The molecule has 0 bridgehead atoms. The van der Waals surface area contributed by atoms with E-state index in [0.29, 0.717) is 16.9 Å². The Balaban J connectivity index is 1.51. The molecule has 4 fully saturated rings. The van der Waals surface area contributed by atoms with E-state index in [1.165, 1.54) is 64.2 Å². The third-order valence-electron chi connectivity index (χ3n) is 9.83. The molecule has 2 heteroatoms. The van der Waals surface area contributed by atoms with Gasteiger partial charge in [0.1, 0.15) is 0 Å². The fourth-order valence-electron chi connectivity index (χ4n) is 8.61. The predicted octanol–water partition coefficient (Wildman–Crippen LogP) is 7.28. The normalized spacial score (nSPS) is 51.5. The lowest BCUT2D eigenvalue weighted by Crippen LogP contribution is -2.54. The van der Waals surface area contributed by atoms with Crippen molar-refractivity contribution < 1.29 is 4.43 Å². The molecular formula is C24H44OSi. The Kier molecular flexibility index (Phi) is 4.96. The average molecular weight is 377 g/mol. The molecule has 0 N–H and O–H groups in total. The fraction of sp³-hybridized carbons (Fsp3) is 1.00. The summed E-state index contributed by atoms with van der Waals surface area (Å²) >= 11 is 0. The second-order valence-corrected chi connectivity index (χ2v) is 16.5. The van der Waals surface area contributed by atoms with Gasteiger partial charge in [-0.15, -0.1) is 0 Å². The van der Waals surface area contributed by atoms with Crippen LogP contribution in [-0.4, -0.2) is 14.4 Å². The van der Waals surface area contributed by atoms with Crippen molar-refractivity contribution in [3.8, 4) is 0 Å². The number of fused-ring (bicyclic) bond motifs is 5. The smallest absolute Gasteiger partial charge is 0.184 e. The van der Waals surface area contributed by atoms with Crippen LogP contribution in [0.1, 0.15) is 85.0 Å². The number of hydrogen-bond donors (Lipinski definition) is 0. The third-order valence-corrected chi connectivity index (χ3v) is 10.9. The van der Waals surface area contributed by atoms with Crippen LogP contribution in [0, 0.1) is 40.4 Å². The molecule has 0 aromatic carbocycles. The molecule has 3 unspecified atom stereocenters. The molecule has 0 spiro atoms. The van der Waals surface area contributed by atoms with E-state index in [4.69, 9.17) is 4.43 Å². The topological polar surface area (TPSA) is 9.23 Å². The maximum Gasteiger partial charge on any atom is 0.184 e. The Morgan fingerprint density at radius 3 is 2.23 bits per heavy atom. The van der Waals surface area contributed by atoms with Gasteiger partial charge in [-0.1, -0.05) is 27.2 Å². The SMILES string of the molecule is CC[C@H]1CCC2C3CC[C@H]4C[C@@H](O[Si](C)(C)C)CC[C@]4(C)C3CC[C@@]21C. The maximum absolute atomic E-state index is 6.56. The first-order valence-corrected chi connectivity index (χ1v) is 15.3. The average Bonchev–Trinajstić information content (AvgIpc) is 2.90. The second kappa shape index (κ2) is 6.61. The van der Waals surface area contributed by atoms with Gasteiger partial charge in [0.25, 0.3) is 0 Å². The van der Waals surface area contributed by atoms with Crippen LogP contribution in [0.5, 0.6) is 0 Å². The summed E-state index contributed by atoms with van der Waals surface area (Å²) in [5.41, 5.74) is 1.30. The molecule has 0 heterocycles. The summed E-state index contributed by atoms with van der Waals surface area (Å²) in [5.74, 6) is 5.05. The van der Waals surface area contributed by atoms with Crippen LogP contribution in [0.2, 0.25) is 19.6 Å². The first-order chi connectivity index (χ1) is 12.2. The highest BCUT2D eigenvalue weighted by Crippen LogP contribution is 2.67. The van der Waals surface area contributed by atoms with Gasteiger partial charge in [-0.05, 0) is 118 Å². The van der Waals surface area contributed by atoms with E-state index >= 15 is 0 Å². The molecule has 0 amide bonds. The summed E-state index contributed by atoms with van der Waals surface area (Å²) in [5, 5.41) is 0. The highest BCUT2D eigenvalue weighted by atomic mass is 28.4. The van der Waals surface area contributed by atoms with Gasteiger partial charge in [0.05, 0.1) is 0 Å². The van der Waals surface area contributed by atoms with Crippen LogP contribution in [0.25, 0.3) is 0 Å². The number of hydrogen-bond acceptors (Lipinski definition) is 1. The minimum absolute atomic E-state index is 0.570. The second-order valence-electron chi connectivity index (χ2n) is 12.0. The molecule has 150 valence electrons. The van der Waals surface area contributed by atoms with E-state index in [2.05, 4.69) is 40.4 Å². The van der Waals surface area contributed by atoms with Crippen LogP contribution in [0.3, 0.4) is 0 Å². The predicted molar refractivity (Wildman–Crippen MR) is 114 cm³/mol. The zero-order valence-corrected chi connectivity index (χ0v) is 19.4. The van der Waals surface area contributed by atoms with Crippen molar-refractivity contribution in [1.82, 2.24) is 0 Å². The highest BCUT2D eigenvalue weighted by Gasteiger charge is 2.59. The largest absolute Gasteiger partial charge is 0.415 e. The lowest BCUT2D eigenvalue weighted by molar-refractivity contribution is -0.124. The van der Waals surface area contributed by atoms with Gasteiger partial charge in [-0.3, -0.25) is 0 Å². The molecular weight excluding hydrogens is 332 g/mol. The molecule has 0 radical (unpaired) electrons. The minimum atomic E-state index is -1.40. The van der Waals surface area contributed by atoms with Gasteiger partial charge in [0, 0.05) is 6.10 Å². The van der Waals surface area contributed by atoms with E-state index in [-0.39, 0.29) is 0 Å². The van der Waals surface area contributed by atoms with Crippen molar-refractivity contribution in [2.24, 2.45) is 40.4 Å². The van der Waals surface area contributed by atoms with Gasteiger partial charge >= 0.3 is 0 Å². The zero-order valence-electron chi connectivity index (χ0n) is 18.4. The van der Waals surface area contributed by atoms with Crippen molar-refractivity contribution >= 4 is 8.32 Å². The molecule has 4 rings (SSSR count). The highest BCUT2D eigenvalue weighted by molar-refractivity contribution is 6.69. The van der Waals surface area contributed by atoms with Gasteiger partial charge in [0.2, 0.25) is 0 Å². The van der Waals surface area contributed by atoms with Crippen molar-refractivity contribution in [1.29, 1.82) is 0 Å². The maximum atomic E-state index is 6.56. The van der Waals surface area contributed by atoms with Crippen LogP contribution >= 0.6 is 0 Å². The molecule has 4 aliphatic carbocycles. The molecule has 8 atom stereocenters. The summed E-state index contributed by atoms with van der Waals surface area (Å²) in [6.45, 7) is 14.9. The molecule has 1 nitrogen and oxygen atoms in total.